The normalized spacial score (nSPS) is 12.0. The van der Waals surface area contributed by atoms with Crippen molar-refractivity contribution in [3.63, 3.8) is 0 Å². The molecule has 7 heteroatoms. The molecule has 2 rings (SSSR count). The van der Waals surface area contributed by atoms with Crippen molar-refractivity contribution in [3.05, 3.63) is 36.9 Å². The summed E-state index contributed by atoms with van der Waals surface area (Å²) in [4.78, 5) is 11.8. The molecule has 0 aliphatic rings. The lowest BCUT2D eigenvalue weighted by molar-refractivity contribution is 0.279. The van der Waals surface area contributed by atoms with Gasteiger partial charge in [-0.3, -0.25) is 4.79 Å². The van der Waals surface area contributed by atoms with Gasteiger partial charge in [0.25, 0.3) is 0 Å². The van der Waals surface area contributed by atoms with Gasteiger partial charge in [-0.2, -0.15) is 9.78 Å². The van der Waals surface area contributed by atoms with Gasteiger partial charge in [-0.05, 0) is 19.4 Å². The van der Waals surface area contributed by atoms with Crippen LogP contribution in [0.15, 0.2) is 16.9 Å². The van der Waals surface area contributed by atoms with E-state index in [2.05, 4.69) is 11.0 Å². The molecule has 1 aromatic carbocycles. The molecule has 1 aromatic heterocycles. The second-order valence-electron chi connectivity index (χ2n) is 4.19. The highest BCUT2D eigenvalue weighted by Gasteiger charge is 2.15. The average Bonchev–Trinajstić information content (AvgIpc) is 2.82. The van der Waals surface area contributed by atoms with Crippen molar-refractivity contribution < 1.29 is 4.74 Å². The summed E-state index contributed by atoms with van der Waals surface area (Å²) in [6.07, 6.45) is 5.51. The predicted molar refractivity (Wildman–Crippen MR) is 86.0 cm³/mol. The minimum absolute atomic E-state index is 0.216. The zero-order valence-corrected chi connectivity index (χ0v) is 13.7. The van der Waals surface area contributed by atoms with Crippen molar-refractivity contribution >= 4 is 34.5 Å². The molecular weight excluding hydrogens is 331 g/mol. The third kappa shape index (κ3) is 3.41. The minimum atomic E-state index is -0.449. The summed E-state index contributed by atoms with van der Waals surface area (Å²) < 4.78 is 6.76. The molecule has 0 saturated heterocycles. The lowest BCUT2D eigenvalue weighted by Gasteiger charge is -2.13. The van der Waals surface area contributed by atoms with Gasteiger partial charge >= 0.3 is 4.87 Å². The topological polar surface area (TPSA) is 44.1 Å². The number of hydrogen-bond donors (Lipinski definition) is 0. The van der Waals surface area contributed by atoms with Crippen molar-refractivity contribution in [2.45, 2.75) is 26.4 Å². The molecule has 0 fully saturated rings. The van der Waals surface area contributed by atoms with Crippen LogP contribution in [0.25, 0.3) is 5.69 Å². The largest absolute Gasteiger partial charge is 0.476 e. The zero-order valence-electron chi connectivity index (χ0n) is 11.4. The molecule has 0 saturated carbocycles. The Hall–Kier alpha value is -1.48. The predicted octanol–water partition coefficient (Wildman–Crippen LogP) is 3.56. The molecule has 0 radical (unpaired) electrons. The molecule has 0 spiro atoms. The van der Waals surface area contributed by atoms with Crippen LogP contribution in [0.1, 0.15) is 18.9 Å². The van der Waals surface area contributed by atoms with Crippen molar-refractivity contribution in [2.24, 2.45) is 0 Å². The average molecular weight is 343 g/mol. The first-order chi connectivity index (χ1) is 9.96. The number of ether oxygens (including phenoxy) is 1. The van der Waals surface area contributed by atoms with Crippen LogP contribution in [0, 0.1) is 12.3 Å². The van der Waals surface area contributed by atoms with Crippen LogP contribution in [0.2, 0.25) is 10.0 Å². The Morgan fingerprint density at radius 1 is 1.48 bits per heavy atom. The zero-order chi connectivity index (χ0) is 15.6. The van der Waals surface area contributed by atoms with Crippen LogP contribution in [-0.2, 0) is 6.42 Å². The smallest absolute Gasteiger partial charge is 0.329 e. The molecule has 2 aromatic rings. The van der Waals surface area contributed by atoms with Gasteiger partial charge < -0.3 is 4.74 Å². The van der Waals surface area contributed by atoms with Crippen molar-refractivity contribution in [3.8, 4) is 23.8 Å². The number of nitrogens with zero attached hydrogens (tertiary/aromatic N) is 2. The monoisotopic (exact) mass is 342 g/mol. The summed E-state index contributed by atoms with van der Waals surface area (Å²) in [5.74, 6) is 2.80. The van der Waals surface area contributed by atoms with Gasteiger partial charge in [-0.25, -0.2) is 0 Å². The van der Waals surface area contributed by atoms with E-state index in [9.17, 15) is 4.79 Å². The van der Waals surface area contributed by atoms with Gasteiger partial charge in [-0.15, -0.1) is 6.42 Å². The fourth-order valence-corrected chi connectivity index (χ4v) is 2.81. The summed E-state index contributed by atoms with van der Waals surface area (Å²) in [6.45, 7) is 3.64. The summed E-state index contributed by atoms with van der Waals surface area (Å²) in [6, 6.07) is 3.08. The lowest BCUT2D eigenvalue weighted by atomic mass is 10.3. The van der Waals surface area contributed by atoms with Crippen LogP contribution in [-0.4, -0.2) is 15.9 Å². The van der Waals surface area contributed by atoms with Gasteiger partial charge in [0.15, 0.2) is 6.10 Å². The molecule has 1 heterocycles. The van der Waals surface area contributed by atoms with E-state index in [4.69, 9.17) is 34.4 Å². The lowest BCUT2D eigenvalue weighted by Crippen LogP contribution is -2.14. The Bertz CT molecular complexity index is 761. The third-order valence-corrected chi connectivity index (χ3v) is 4.21. The fraction of sp³-hybridized carbons (Fsp3) is 0.286. The maximum Gasteiger partial charge on any atom is 0.329 e. The summed E-state index contributed by atoms with van der Waals surface area (Å²) in [5.41, 5.74) is 0.418. The molecule has 21 heavy (non-hydrogen) atoms. The van der Waals surface area contributed by atoms with Gasteiger partial charge in [-0.1, -0.05) is 47.4 Å². The van der Waals surface area contributed by atoms with E-state index in [1.807, 2.05) is 6.92 Å². The molecule has 1 unspecified atom stereocenters. The molecular formula is C14H12Cl2N2O2S. The first kappa shape index (κ1) is 15.9. The summed E-state index contributed by atoms with van der Waals surface area (Å²) >= 11 is 13.3. The van der Waals surface area contributed by atoms with Crippen molar-refractivity contribution in [1.29, 1.82) is 0 Å². The maximum absolute atomic E-state index is 12.0. The second-order valence-corrected chi connectivity index (χ2v) is 6.03. The number of aromatic nitrogens is 2. The second kappa shape index (κ2) is 6.52. The Kier molecular flexibility index (Phi) is 4.94. The number of benzene rings is 1. The van der Waals surface area contributed by atoms with E-state index in [0.29, 0.717) is 27.9 Å². The van der Waals surface area contributed by atoms with Crippen molar-refractivity contribution in [2.75, 3.05) is 0 Å². The Morgan fingerprint density at radius 2 is 2.19 bits per heavy atom. The van der Waals surface area contributed by atoms with Gasteiger partial charge in [0.05, 0.1) is 15.7 Å². The van der Waals surface area contributed by atoms with E-state index in [1.165, 1.54) is 10.7 Å². The Balaban J connectivity index is 2.53. The maximum atomic E-state index is 12.0. The minimum Gasteiger partial charge on any atom is -0.476 e. The van der Waals surface area contributed by atoms with Crippen LogP contribution in [0.3, 0.4) is 0 Å². The van der Waals surface area contributed by atoms with Gasteiger partial charge in [0, 0.05) is 6.07 Å². The third-order valence-electron chi connectivity index (χ3n) is 2.66. The first-order valence-electron chi connectivity index (χ1n) is 6.17. The molecule has 0 aliphatic heterocycles. The van der Waals surface area contributed by atoms with Crippen LogP contribution in [0.5, 0.6) is 5.75 Å². The molecule has 0 aliphatic carbocycles. The highest BCUT2D eigenvalue weighted by Crippen LogP contribution is 2.33. The molecule has 0 N–H and O–H groups in total. The summed E-state index contributed by atoms with van der Waals surface area (Å²) in [5, 5.41) is 5.60. The van der Waals surface area contributed by atoms with E-state index >= 15 is 0 Å². The number of halogens is 2. The number of aryl methyl sites for hydroxylation is 1. The number of terminal acetylenes is 1. The van der Waals surface area contributed by atoms with Crippen LogP contribution in [0.4, 0.5) is 0 Å². The number of hydrogen-bond acceptors (Lipinski definition) is 4. The van der Waals surface area contributed by atoms with Gasteiger partial charge in [0.1, 0.15) is 10.8 Å². The van der Waals surface area contributed by atoms with E-state index < -0.39 is 6.10 Å². The van der Waals surface area contributed by atoms with Crippen LogP contribution < -0.4 is 9.61 Å². The standard InChI is InChI=1S/C14H12Cl2N2O2S/c1-4-8(3)20-12-7-11(9(15)6-10(12)16)18-14(19)21-13(5-2)17-18/h1,6-8H,5H2,2-3H3. The highest BCUT2D eigenvalue weighted by atomic mass is 35.5. The van der Waals surface area contributed by atoms with E-state index in [-0.39, 0.29) is 4.87 Å². The molecule has 1 atom stereocenters. The van der Waals surface area contributed by atoms with E-state index in [1.54, 1.807) is 13.0 Å². The Morgan fingerprint density at radius 3 is 2.76 bits per heavy atom. The molecule has 0 bridgehead atoms. The van der Waals surface area contributed by atoms with Crippen LogP contribution >= 0.6 is 34.5 Å². The highest BCUT2D eigenvalue weighted by molar-refractivity contribution is 7.08. The molecule has 110 valence electrons. The van der Waals surface area contributed by atoms with E-state index in [0.717, 1.165) is 16.3 Å². The molecule has 4 nitrogen and oxygen atoms in total. The Labute approximate surface area is 136 Å². The van der Waals surface area contributed by atoms with Gasteiger partial charge in [0.2, 0.25) is 0 Å². The quantitative estimate of drug-likeness (QED) is 0.798. The summed E-state index contributed by atoms with van der Waals surface area (Å²) in [7, 11) is 0. The number of rotatable bonds is 4. The fourth-order valence-electron chi connectivity index (χ4n) is 1.61. The molecule has 0 amide bonds. The SMILES string of the molecule is C#CC(C)Oc1cc(-n2nc(CC)sc2=O)c(Cl)cc1Cl. The van der Waals surface area contributed by atoms with Crippen molar-refractivity contribution in [1.82, 2.24) is 9.78 Å². The first-order valence-corrected chi connectivity index (χ1v) is 7.74.